The second kappa shape index (κ2) is 2.79. The molecule has 2 aliphatic rings. The largest absolute Gasteiger partial charge is 0.265 e. The first-order valence-corrected chi connectivity index (χ1v) is 4.92. The minimum atomic E-state index is 0.0249. The van der Waals surface area contributed by atoms with Crippen LogP contribution in [0.15, 0.2) is 10.7 Å². The molecule has 0 aromatic carbocycles. The molecule has 1 heterocycles. The predicted octanol–water partition coefficient (Wildman–Crippen LogP) is 2.46. The summed E-state index contributed by atoms with van der Waals surface area (Å²) in [5.41, 5.74) is 2.88. The molecule has 0 unspecified atom stereocenters. The third-order valence-electron chi connectivity index (χ3n) is 2.44. The van der Waals surface area contributed by atoms with E-state index in [2.05, 4.69) is 27.5 Å². The molecule has 1 aliphatic heterocycles. The molecular formula is C8H12BrNO. The Kier molecular flexibility index (Phi) is 1.93. The van der Waals surface area contributed by atoms with Crippen LogP contribution in [-0.4, -0.2) is 5.60 Å². The zero-order valence-electron chi connectivity index (χ0n) is 6.40. The van der Waals surface area contributed by atoms with Crippen molar-refractivity contribution in [2.45, 2.75) is 37.7 Å². The van der Waals surface area contributed by atoms with Gasteiger partial charge >= 0.3 is 0 Å². The monoisotopic (exact) mass is 217 g/mol. The third kappa shape index (κ3) is 1.44. The van der Waals surface area contributed by atoms with Crippen LogP contribution in [0.5, 0.6) is 0 Å². The van der Waals surface area contributed by atoms with Crippen molar-refractivity contribution in [2.75, 3.05) is 0 Å². The highest BCUT2D eigenvalue weighted by atomic mass is 79.9. The van der Waals surface area contributed by atoms with Gasteiger partial charge in [-0.3, -0.25) is 10.3 Å². The Morgan fingerprint density at radius 3 is 2.64 bits per heavy atom. The SMILES string of the molecule is BrC1=CC2(CCCCC2)ON1. The van der Waals surface area contributed by atoms with E-state index in [-0.39, 0.29) is 5.60 Å². The lowest BCUT2D eigenvalue weighted by Gasteiger charge is -2.29. The minimum Gasteiger partial charge on any atom is -0.265 e. The first-order valence-electron chi connectivity index (χ1n) is 4.13. The molecule has 3 heteroatoms. The Bertz CT molecular complexity index is 185. The van der Waals surface area contributed by atoms with Crippen molar-refractivity contribution in [3.8, 4) is 0 Å². The summed E-state index contributed by atoms with van der Waals surface area (Å²) in [6.07, 6.45) is 8.42. The fourth-order valence-corrected chi connectivity index (χ4v) is 2.34. The van der Waals surface area contributed by atoms with Gasteiger partial charge in [-0.05, 0) is 34.8 Å². The standard InChI is InChI=1S/C8H12BrNO/c9-7-6-8(11-10-7)4-2-1-3-5-8/h6,10H,1-5H2. The van der Waals surface area contributed by atoms with Gasteiger partial charge in [0.05, 0.1) is 0 Å². The molecule has 62 valence electrons. The molecule has 1 N–H and O–H groups in total. The van der Waals surface area contributed by atoms with Crippen LogP contribution >= 0.6 is 15.9 Å². The van der Waals surface area contributed by atoms with Crippen LogP contribution in [0.3, 0.4) is 0 Å². The fraction of sp³-hybridized carbons (Fsp3) is 0.750. The Labute approximate surface area is 75.1 Å². The molecule has 1 saturated carbocycles. The van der Waals surface area contributed by atoms with E-state index >= 15 is 0 Å². The summed E-state index contributed by atoms with van der Waals surface area (Å²) in [4.78, 5) is 5.50. The smallest absolute Gasteiger partial charge is 0.117 e. The summed E-state index contributed by atoms with van der Waals surface area (Å²) in [6.45, 7) is 0. The van der Waals surface area contributed by atoms with Crippen molar-refractivity contribution in [3.05, 3.63) is 10.7 Å². The van der Waals surface area contributed by atoms with E-state index in [0.717, 1.165) is 17.4 Å². The Balaban J connectivity index is 2.09. The first kappa shape index (κ1) is 7.62. The number of nitrogens with one attached hydrogen (secondary N) is 1. The molecule has 0 bridgehead atoms. The van der Waals surface area contributed by atoms with E-state index in [9.17, 15) is 0 Å². The van der Waals surface area contributed by atoms with Gasteiger partial charge in [-0.25, -0.2) is 0 Å². The zero-order chi connectivity index (χ0) is 7.73. The van der Waals surface area contributed by atoms with E-state index in [1.165, 1.54) is 19.3 Å². The van der Waals surface area contributed by atoms with E-state index in [0.29, 0.717) is 0 Å². The van der Waals surface area contributed by atoms with Crippen molar-refractivity contribution in [2.24, 2.45) is 0 Å². The van der Waals surface area contributed by atoms with Crippen molar-refractivity contribution in [3.63, 3.8) is 0 Å². The lowest BCUT2D eigenvalue weighted by Crippen LogP contribution is -2.31. The van der Waals surface area contributed by atoms with Crippen LogP contribution in [0.1, 0.15) is 32.1 Å². The molecule has 0 radical (unpaired) electrons. The van der Waals surface area contributed by atoms with Crippen molar-refractivity contribution in [1.82, 2.24) is 5.48 Å². The number of hydroxylamine groups is 1. The number of hydrogen-bond donors (Lipinski definition) is 1. The van der Waals surface area contributed by atoms with Crippen LogP contribution in [0.2, 0.25) is 0 Å². The Hall–Kier alpha value is -0.0200. The quantitative estimate of drug-likeness (QED) is 0.630. The highest BCUT2D eigenvalue weighted by molar-refractivity contribution is 9.11. The molecule has 11 heavy (non-hydrogen) atoms. The molecule has 0 aromatic rings. The van der Waals surface area contributed by atoms with Gasteiger partial charge in [-0.2, -0.15) is 0 Å². The van der Waals surface area contributed by atoms with Gasteiger partial charge in [-0.15, -0.1) is 0 Å². The van der Waals surface area contributed by atoms with Crippen LogP contribution in [0.25, 0.3) is 0 Å². The lowest BCUT2D eigenvalue weighted by molar-refractivity contribution is -0.0587. The summed E-state index contributed by atoms with van der Waals surface area (Å²) in [5, 5.41) is 0. The van der Waals surface area contributed by atoms with Crippen LogP contribution in [-0.2, 0) is 4.84 Å². The normalized spacial score (nSPS) is 28.3. The fourth-order valence-electron chi connectivity index (χ4n) is 1.84. The second-order valence-electron chi connectivity index (χ2n) is 3.32. The lowest BCUT2D eigenvalue weighted by atomic mass is 9.85. The predicted molar refractivity (Wildman–Crippen MR) is 47.0 cm³/mol. The van der Waals surface area contributed by atoms with Crippen molar-refractivity contribution >= 4 is 15.9 Å². The van der Waals surface area contributed by atoms with Gasteiger partial charge in [0.2, 0.25) is 0 Å². The summed E-state index contributed by atoms with van der Waals surface area (Å²) >= 11 is 3.37. The van der Waals surface area contributed by atoms with Gasteiger partial charge in [0, 0.05) is 0 Å². The summed E-state index contributed by atoms with van der Waals surface area (Å²) in [7, 11) is 0. The zero-order valence-corrected chi connectivity index (χ0v) is 7.99. The van der Waals surface area contributed by atoms with Crippen LogP contribution in [0.4, 0.5) is 0 Å². The van der Waals surface area contributed by atoms with Gasteiger partial charge in [0.1, 0.15) is 10.2 Å². The molecule has 1 spiro atoms. The Morgan fingerprint density at radius 1 is 1.36 bits per heavy atom. The Morgan fingerprint density at radius 2 is 2.09 bits per heavy atom. The minimum absolute atomic E-state index is 0.0249. The van der Waals surface area contributed by atoms with E-state index < -0.39 is 0 Å². The highest BCUT2D eigenvalue weighted by Crippen LogP contribution is 2.36. The summed E-state index contributed by atoms with van der Waals surface area (Å²) in [6, 6.07) is 0. The average molecular weight is 218 g/mol. The maximum absolute atomic E-state index is 5.50. The molecule has 2 rings (SSSR count). The number of halogens is 1. The van der Waals surface area contributed by atoms with Crippen LogP contribution in [0, 0.1) is 0 Å². The highest BCUT2D eigenvalue weighted by Gasteiger charge is 2.35. The molecule has 0 amide bonds. The molecule has 1 fully saturated rings. The molecule has 2 nitrogen and oxygen atoms in total. The van der Waals surface area contributed by atoms with E-state index in [4.69, 9.17) is 4.84 Å². The molecule has 1 aliphatic carbocycles. The van der Waals surface area contributed by atoms with Gasteiger partial charge in [-0.1, -0.05) is 19.3 Å². The van der Waals surface area contributed by atoms with Gasteiger partial charge < -0.3 is 0 Å². The summed E-state index contributed by atoms with van der Waals surface area (Å²) in [5.74, 6) is 0. The first-order chi connectivity index (χ1) is 5.31. The molecule has 0 aromatic heterocycles. The van der Waals surface area contributed by atoms with Crippen molar-refractivity contribution < 1.29 is 4.84 Å². The second-order valence-corrected chi connectivity index (χ2v) is 4.18. The average Bonchev–Trinajstić information content (AvgIpc) is 2.34. The maximum Gasteiger partial charge on any atom is 0.117 e. The molecule has 0 atom stereocenters. The van der Waals surface area contributed by atoms with E-state index in [1.807, 2.05) is 0 Å². The van der Waals surface area contributed by atoms with E-state index in [1.54, 1.807) is 0 Å². The number of rotatable bonds is 0. The third-order valence-corrected chi connectivity index (χ3v) is 2.83. The number of hydrogen-bond acceptors (Lipinski definition) is 2. The van der Waals surface area contributed by atoms with Crippen LogP contribution < -0.4 is 5.48 Å². The van der Waals surface area contributed by atoms with Gasteiger partial charge in [0.25, 0.3) is 0 Å². The van der Waals surface area contributed by atoms with Crippen molar-refractivity contribution in [1.29, 1.82) is 0 Å². The van der Waals surface area contributed by atoms with Gasteiger partial charge in [0.15, 0.2) is 0 Å². The summed E-state index contributed by atoms with van der Waals surface area (Å²) < 4.78 is 0.986. The topological polar surface area (TPSA) is 21.3 Å². The molecular weight excluding hydrogens is 206 g/mol. The molecule has 0 saturated heterocycles. The maximum atomic E-state index is 5.50.